The number of rotatable bonds is 36. The van der Waals surface area contributed by atoms with E-state index in [1.807, 2.05) is 6.08 Å². The Labute approximate surface area is 322 Å². The number of esters is 2. The Balaban J connectivity index is 4.38. The number of unbranched alkanes of at least 4 members (excludes halogenated alkanes) is 9. The molecule has 9 nitrogen and oxygen atoms in total. The van der Waals surface area contributed by atoms with Gasteiger partial charge in [-0.1, -0.05) is 131 Å². The summed E-state index contributed by atoms with van der Waals surface area (Å²) in [5.74, 6) is -0.949. The zero-order chi connectivity index (χ0) is 38.9. The molecule has 1 unspecified atom stereocenters. The monoisotopic (exact) mass is 761 g/mol. The van der Waals surface area contributed by atoms with Gasteiger partial charge in [0.05, 0.1) is 13.2 Å². The molecule has 0 aliphatic rings. The second-order valence-electron chi connectivity index (χ2n) is 12.8. The summed E-state index contributed by atoms with van der Waals surface area (Å²) in [5.41, 5.74) is 5.33. The molecule has 0 saturated heterocycles. The first-order chi connectivity index (χ1) is 25.8. The van der Waals surface area contributed by atoms with Crippen molar-refractivity contribution in [3.63, 3.8) is 0 Å². The van der Waals surface area contributed by atoms with Gasteiger partial charge in [-0.15, -0.1) is 0 Å². The molecule has 0 saturated carbocycles. The highest BCUT2D eigenvalue weighted by Crippen LogP contribution is 2.43. The third-order valence-electron chi connectivity index (χ3n) is 7.77. The van der Waals surface area contributed by atoms with E-state index in [0.717, 1.165) is 57.8 Å². The number of nitrogens with two attached hydrogens (primary N) is 1. The van der Waals surface area contributed by atoms with Crippen LogP contribution in [0.4, 0.5) is 0 Å². The Morgan fingerprint density at radius 3 is 1.60 bits per heavy atom. The van der Waals surface area contributed by atoms with Crippen molar-refractivity contribution in [2.45, 2.75) is 148 Å². The molecule has 0 aromatic rings. The summed E-state index contributed by atoms with van der Waals surface area (Å²) in [6.45, 7) is 3.47. The van der Waals surface area contributed by atoms with Crippen LogP contribution in [0.25, 0.3) is 0 Å². The van der Waals surface area contributed by atoms with Crippen molar-refractivity contribution >= 4 is 19.8 Å². The molecule has 2 atom stereocenters. The molecular weight excluding hydrogens is 689 g/mol. The van der Waals surface area contributed by atoms with Crippen molar-refractivity contribution in [3.05, 3.63) is 85.1 Å². The van der Waals surface area contributed by atoms with Gasteiger partial charge in [-0.25, -0.2) is 4.57 Å². The number of phosphoric ester groups is 1. The minimum Gasteiger partial charge on any atom is -0.462 e. The molecule has 0 heterocycles. The highest BCUT2D eigenvalue weighted by Gasteiger charge is 2.25. The Hall–Kier alpha value is -2.81. The molecule has 0 bridgehead atoms. The van der Waals surface area contributed by atoms with E-state index in [1.165, 1.54) is 38.5 Å². The van der Waals surface area contributed by atoms with Crippen molar-refractivity contribution in [2.24, 2.45) is 5.73 Å². The van der Waals surface area contributed by atoms with E-state index in [2.05, 4.69) is 92.8 Å². The van der Waals surface area contributed by atoms with Gasteiger partial charge in [0.2, 0.25) is 0 Å². The first-order valence-electron chi connectivity index (χ1n) is 20.1. The van der Waals surface area contributed by atoms with Crippen LogP contribution in [-0.4, -0.2) is 49.3 Å². The number of hydrogen-bond acceptors (Lipinski definition) is 8. The Morgan fingerprint density at radius 2 is 1.06 bits per heavy atom. The first kappa shape index (κ1) is 50.2. The number of phosphoric acid groups is 1. The van der Waals surface area contributed by atoms with Gasteiger partial charge in [0.15, 0.2) is 6.10 Å². The molecule has 0 rings (SSSR count). The van der Waals surface area contributed by atoms with Crippen molar-refractivity contribution in [2.75, 3.05) is 26.4 Å². The quantitative estimate of drug-likeness (QED) is 0.0277. The van der Waals surface area contributed by atoms with Gasteiger partial charge in [-0.05, 0) is 83.5 Å². The largest absolute Gasteiger partial charge is 0.472 e. The Bertz CT molecular complexity index is 1140. The average molecular weight is 762 g/mol. The normalized spacial score (nSPS) is 14.3. The maximum atomic E-state index is 12.5. The summed E-state index contributed by atoms with van der Waals surface area (Å²) in [6.07, 6.45) is 47.7. The van der Waals surface area contributed by atoms with Crippen LogP contribution in [0, 0.1) is 0 Å². The molecule has 0 spiro atoms. The van der Waals surface area contributed by atoms with E-state index in [-0.39, 0.29) is 32.6 Å². The molecule has 0 aromatic heterocycles. The zero-order valence-corrected chi connectivity index (χ0v) is 33.9. The van der Waals surface area contributed by atoms with E-state index in [1.54, 1.807) is 0 Å². The number of carbonyl (C=O) groups excluding carboxylic acids is 2. The van der Waals surface area contributed by atoms with Crippen LogP contribution in [0.3, 0.4) is 0 Å². The standard InChI is InChI=1S/C43H72NO8P/c1-3-5-7-9-11-13-15-17-19-20-22-24-26-28-30-32-34-36-43(46)52-41(40-51-53(47,48)50-38-37-44)39-49-42(45)35-33-31-29-27-25-23-21-18-16-14-12-10-8-6-4-2/h6,8,12,14,17-19,21-22,24-25,27-28,30,41H,3-5,7,9-11,13,15-16,20,23,26,29,31-40,44H2,1-2H3,(H,47,48)/t41-/m1/s1. The molecule has 0 fully saturated rings. The number of ether oxygens (including phenoxy) is 2. The maximum absolute atomic E-state index is 12.5. The number of carbonyl (C=O) groups is 2. The van der Waals surface area contributed by atoms with Gasteiger partial charge in [-0.2, -0.15) is 0 Å². The molecule has 0 aliphatic heterocycles. The van der Waals surface area contributed by atoms with Crippen LogP contribution in [0.5, 0.6) is 0 Å². The minimum absolute atomic E-state index is 0.0354. The summed E-state index contributed by atoms with van der Waals surface area (Å²) in [6, 6.07) is 0. The summed E-state index contributed by atoms with van der Waals surface area (Å²) in [5, 5.41) is 0. The first-order valence-corrected chi connectivity index (χ1v) is 21.6. The van der Waals surface area contributed by atoms with E-state index < -0.39 is 32.5 Å². The zero-order valence-electron chi connectivity index (χ0n) is 33.0. The van der Waals surface area contributed by atoms with Gasteiger partial charge in [0, 0.05) is 19.4 Å². The van der Waals surface area contributed by atoms with Gasteiger partial charge < -0.3 is 20.1 Å². The summed E-state index contributed by atoms with van der Waals surface area (Å²) >= 11 is 0. The summed E-state index contributed by atoms with van der Waals surface area (Å²) in [7, 11) is -4.40. The molecule has 0 aromatic carbocycles. The summed E-state index contributed by atoms with van der Waals surface area (Å²) in [4.78, 5) is 34.7. The second-order valence-corrected chi connectivity index (χ2v) is 14.2. The van der Waals surface area contributed by atoms with Crippen LogP contribution in [0.2, 0.25) is 0 Å². The molecule has 0 aliphatic carbocycles. The predicted octanol–water partition coefficient (Wildman–Crippen LogP) is 11.3. The van der Waals surface area contributed by atoms with Crippen LogP contribution in [0.15, 0.2) is 85.1 Å². The summed E-state index contributed by atoms with van der Waals surface area (Å²) < 4.78 is 32.6. The fourth-order valence-electron chi connectivity index (χ4n) is 4.82. The smallest absolute Gasteiger partial charge is 0.462 e. The van der Waals surface area contributed by atoms with E-state index in [0.29, 0.717) is 19.3 Å². The lowest BCUT2D eigenvalue weighted by atomic mass is 10.1. The molecule has 0 radical (unpaired) electrons. The Morgan fingerprint density at radius 1 is 0.585 bits per heavy atom. The third kappa shape index (κ3) is 38.7. The molecule has 0 amide bonds. The van der Waals surface area contributed by atoms with Gasteiger partial charge in [0.1, 0.15) is 6.61 Å². The van der Waals surface area contributed by atoms with Crippen molar-refractivity contribution < 1.29 is 37.6 Å². The highest BCUT2D eigenvalue weighted by atomic mass is 31.2. The minimum atomic E-state index is -4.40. The number of hydrogen-bond donors (Lipinski definition) is 2. The van der Waals surface area contributed by atoms with Crippen LogP contribution >= 0.6 is 7.82 Å². The third-order valence-corrected chi connectivity index (χ3v) is 8.75. The molecule has 3 N–H and O–H groups in total. The Kier molecular flexibility index (Phi) is 36.8. The van der Waals surface area contributed by atoms with Gasteiger partial charge >= 0.3 is 19.8 Å². The predicted molar refractivity (Wildman–Crippen MR) is 219 cm³/mol. The fourth-order valence-corrected chi connectivity index (χ4v) is 5.58. The van der Waals surface area contributed by atoms with Crippen molar-refractivity contribution in [1.82, 2.24) is 0 Å². The maximum Gasteiger partial charge on any atom is 0.472 e. The SMILES string of the molecule is CCC=CCC=CCC=CCC=CCCCCC(=O)OC[C@H](COP(=O)(O)OCCN)OC(=O)CCCC=CCC=CCC=CCCCCCCCC. The lowest BCUT2D eigenvalue weighted by Gasteiger charge is -2.19. The van der Waals surface area contributed by atoms with Gasteiger partial charge in [0.25, 0.3) is 0 Å². The second kappa shape index (κ2) is 38.9. The van der Waals surface area contributed by atoms with E-state index in [4.69, 9.17) is 24.3 Å². The van der Waals surface area contributed by atoms with Crippen LogP contribution in [-0.2, 0) is 32.7 Å². The molecule has 302 valence electrons. The van der Waals surface area contributed by atoms with Crippen molar-refractivity contribution in [3.8, 4) is 0 Å². The van der Waals surface area contributed by atoms with E-state index >= 15 is 0 Å². The fraction of sp³-hybridized carbons (Fsp3) is 0.628. The lowest BCUT2D eigenvalue weighted by molar-refractivity contribution is -0.161. The van der Waals surface area contributed by atoms with Gasteiger partial charge in [-0.3, -0.25) is 18.6 Å². The lowest BCUT2D eigenvalue weighted by Crippen LogP contribution is -2.29. The molecule has 10 heteroatoms. The van der Waals surface area contributed by atoms with Crippen LogP contribution in [0.1, 0.15) is 142 Å². The molecule has 53 heavy (non-hydrogen) atoms. The molecular formula is C43H72NO8P. The van der Waals surface area contributed by atoms with E-state index in [9.17, 15) is 19.0 Å². The topological polar surface area (TPSA) is 134 Å². The number of allylic oxidation sites excluding steroid dienone is 14. The van der Waals surface area contributed by atoms with Crippen LogP contribution < -0.4 is 5.73 Å². The average Bonchev–Trinajstić information content (AvgIpc) is 3.14. The highest BCUT2D eigenvalue weighted by molar-refractivity contribution is 7.47. The van der Waals surface area contributed by atoms with Crippen molar-refractivity contribution in [1.29, 1.82) is 0 Å².